The first kappa shape index (κ1) is 17.6. The van der Waals surface area contributed by atoms with Crippen LogP contribution < -0.4 is 4.72 Å². The standard InChI is InChI=1S/C13H23N3O4S/c1-9(13(17)18)6-5-7-10(2)15-21(19,20)12-8-16(4)11(3)14-12/h8-10,15H,5-7H2,1-4H3,(H,17,18). The monoisotopic (exact) mass is 317 g/mol. The Balaban J connectivity index is 2.53. The zero-order valence-electron chi connectivity index (χ0n) is 12.8. The van der Waals surface area contributed by atoms with Gasteiger partial charge in [-0.05, 0) is 26.7 Å². The van der Waals surface area contributed by atoms with Gasteiger partial charge in [0.2, 0.25) is 0 Å². The van der Waals surface area contributed by atoms with Crippen molar-refractivity contribution in [1.82, 2.24) is 14.3 Å². The first-order chi connectivity index (χ1) is 9.63. The fourth-order valence-corrected chi connectivity index (χ4v) is 3.21. The normalized spacial score (nSPS) is 14.9. The van der Waals surface area contributed by atoms with Crippen molar-refractivity contribution in [3.63, 3.8) is 0 Å². The third-order valence-corrected chi connectivity index (χ3v) is 4.87. The van der Waals surface area contributed by atoms with Crippen LogP contribution in [0.5, 0.6) is 0 Å². The highest BCUT2D eigenvalue weighted by atomic mass is 32.2. The Morgan fingerprint density at radius 3 is 2.52 bits per heavy atom. The van der Waals surface area contributed by atoms with Gasteiger partial charge in [-0.15, -0.1) is 0 Å². The Morgan fingerprint density at radius 2 is 2.05 bits per heavy atom. The average molecular weight is 317 g/mol. The van der Waals surface area contributed by atoms with Crippen molar-refractivity contribution >= 4 is 16.0 Å². The number of nitrogens with zero attached hydrogens (tertiary/aromatic N) is 2. The Hall–Kier alpha value is -1.41. The number of hydrogen-bond acceptors (Lipinski definition) is 4. The molecule has 2 atom stereocenters. The molecule has 1 heterocycles. The van der Waals surface area contributed by atoms with Crippen LogP contribution in [0.3, 0.4) is 0 Å². The maximum absolute atomic E-state index is 12.1. The molecule has 0 saturated heterocycles. The molecule has 120 valence electrons. The molecular weight excluding hydrogens is 294 g/mol. The van der Waals surface area contributed by atoms with Gasteiger partial charge in [0, 0.05) is 19.3 Å². The lowest BCUT2D eigenvalue weighted by molar-refractivity contribution is -0.141. The van der Waals surface area contributed by atoms with Crippen LogP contribution in [0.4, 0.5) is 0 Å². The number of carbonyl (C=O) groups is 1. The summed E-state index contributed by atoms with van der Waals surface area (Å²) in [5, 5.41) is 8.80. The van der Waals surface area contributed by atoms with Crippen LogP contribution >= 0.6 is 0 Å². The number of aliphatic carboxylic acids is 1. The molecule has 0 aliphatic rings. The number of carboxylic acids is 1. The van der Waals surface area contributed by atoms with Gasteiger partial charge in [-0.2, -0.15) is 0 Å². The van der Waals surface area contributed by atoms with Crippen molar-refractivity contribution in [1.29, 1.82) is 0 Å². The summed E-state index contributed by atoms with van der Waals surface area (Å²) in [5.74, 6) is -0.613. The van der Waals surface area contributed by atoms with Gasteiger partial charge in [-0.25, -0.2) is 18.1 Å². The van der Waals surface area contributed by atoms with E-state index in [1.807, 2.05) is 0 Å². The molecule has 0 bridgehead atoms. The predicted octanol–water partition coefficient (Wildman–Crippen LogP) is 1.29. The van der Waals surface area contributed by atoms with Crippen LogP contribution in [0, 0.1) is 12.8 Å². The Kier molecular flexibility index (Phi) is 5.91. The molecule has 2 N–H and O–H groups in total. The number of nitrogens with one attached hydrogen (secondary N) is 1. The zero-order valence-corrected chi connectivity index (χ0v) is 13.6. The van der Waals surface area contributed by atoms with Crippen LogP contribution in [0.1, 0.15) is 38.9 Å². The van der Waals surface area contributed by atoms with E-state index in [1.54, 1.807) is 32.4 Å². The second-order valence-corrected chi connectivity index (χ2v) is 7.09. The second kappa shape index (κ2) is 7.04. The molecule has 0 aliphatic carbocycles. The number of imidazole rings is 1. The quantitative estimate of drug-likeness (QED) is 0.752. The summed E-state index contributed by atoms with van der Waals surface area (Å²) in [6.45, 7) is 5.14. The van der Waals surface area contributed by atoms with Gasteiger partial charge < -0.3 is 9.67 Å². The van der Waals surface area contributed by atoms with Gasteiger partial charge in [0.1, 0.15) is 5.82 Å². The average Bonchev–Trinajstić information content (AvgIpc) is 2.69. The van der Waals surface area contributed by atoms with Crippen LogP contribution in [-0.2, 0) is 21.9 Å². The highest BCUT2D eigenvalue weighted by Gasteiger charge is 2.21. The van der Waals surface area contributed by atoms with Crippen LogP contribution in [0.15, 0.2) is 11.2 Å². The lowest BCUT2D eigenvalue weighted by Crippen LogP contribution is -2.33. The van der Waals surface area contributed by atoms with Crippen molar-refractivity contribution in [3.05, 3.63) is 12.0 Å². The van der Waals surface area contributed by atoms with Crippen LogP contribution in [-0.4, -0.2) is 35.1 Å². The molecule has 1 aromatic rings. The SMILES string of the molecule is Cc1nc(S(=O)(=O)NC(C)CCCC(C)C(=O)O)cn1C. The van der Waals surface area contributed by atoms with Crippen molar-refractivity contribution in [2.75, 3.05) is 0 Å². The molecule has 7 nitrogen and oxygen atoms in total. The molecule has 1 aromatic heterocycles. The van der Waals surface area contributed by atoms with Crippen molar-refractivity contribution in [2.45, 2.75) is 51.1 Å². The van der Waals surface area contributed by atoms with E-state index < -0.39 is 21.9 Å². The number of aromatic nitrogens is 2. The van der Waals surface area contributed by atoms with Gasteiger partial charge in [-0.3, -0.25) is 4.79 Å². The summed E-state index contributed by atoms with van der Waals surface area (Å²) in [6.07, 6.45) is 3.24. The summed E-state index contributed by atoms with van der Waals surface area (Å²) in [6, 6.07) is -0.265. The second-order valence-electron chi connectivity index (χ2n) is 5.43. The molecule has 0 saturated carbocycles. The van der Waals surface area contributed by atoms with Crippen molar-refractivity contribution in [2.24, 2.45) is 13.0 Å². The number of sulfonamides is 1. The van der Waals surface area contributed by atoms with E-state index in [0.29, 0.717) is 25.1 Å². The molecule has 0 aromatic carbocycles. The first-order valence-corrected chi connectivity index (χ1v) is 8.37. The number of aryl methyl sites for hydroxylation is 2. The molecule has 1 rings (SSSR count). The van der Waals surface area contributed by atoms with Gasteiger partial charge in [-0.1, -0.05) is 13.3 Å². The third-order valence-electron chi connectivity index (χ3n) is 3.41. The van der Waals surface area contributed by atoms with E-state index in [1.165, 1.54) is 6.20 Å². The van der Waals surface area contributed by atoms with E-state index in [4.69, 9.17) is 5.11 Å². The van der Waals surface area contributed by atoms with Crippen LogP contribution in [0.2, 0.25) is 0 Å². The largest absolute Gasteiger partial charge is 0.481 e. The van der Waals surface area contributed by atoms with Crippen molar-refractivity contribution < 1.29 is 18.3 Å². The molecule has 0 aliphatic heterocycles. The molecule has 0 fully saturated rings. The summed E-state index contributed by atoms with van der Waals surface area (Å²) < 4.78 is 28.5. The lowest BCUT2D eigenvalue weighted by Gasteiger charge is -2.13. The molecule has 8 heteroatoms. The third kappa shape index (κ3) is 5.13. The smallest absolute Gasteiger partial charge is 0.306 e. The minimum Gasteiger partial charge on any atom is -0.481 e. The zero-order chi connectivity index (χ0) is 16.2. The minimum atomic E-state index is -3.63. The Bertz CT molecular complexity index is 575. The number of carboxylic acid groups (broad SMARTS) is 1. The number of rotatable bonds is 8. The molecule has 0 spiro atoms. The molecule has 0 amide bonds. The predicted molar refractivity (Wildman–Crippen MR) is 78.4 cm³/mol. The van der Waals surface area contributed by atoms with E-state index >= 15 is 0 Å². The maximum atomic E-state index is 12.1. The van der Waals surface area contributed by atoms with Gasteiger partial charge in [0.15, 0.2) is 5.03 Å². The molecule has 0 radical (unpaired) electrons. The first-order valence-electron chi connectivity index (χ1n) is 6.88. The highest BCUT2D eigenvalue weighted by Crippen LogP contribution is 2.12. The molecular formula is C13H23N3O4S. The highest BCUT2D eigenvalue weighted by molar-refractivity contribution is 7.89. The fraction of sp³-hybridized carbons (Fsp3) is 0.692. The van der Waals surface area contributed by atoms with Crippen LogP contribution in [0.25, 0.3) is 0 Å². The molecule has 2 unspecified atom stereocenters. The summed E-state index contributed by atoms with van der Waals surface area (Å²) in [7, 11) is -1.89. The van der Waals surface area contributed by atoms with E-state index in [-0.39, 0.29) is 11.1 Å². The van der Waals surface area contributed by atoms with E-state index in [9.17, 15) is 13.2 Å². The number of hydrogen-bond donors (Lipinski definition) is 2. The van der Waals surface area contributed by atoms with E-state index in [0.717, 1.165) is 0 Å². The Morgan fingerprint density at radius 1 is 1.43 bits per heavy atom. The summed E-state index contributed by atoms with van der Waals surface area (Å²) >= 11 is 0. The Labute approximate surface area is 125 Å². The minimum absolute atomic E-state index is 0.00764. The van der Waals surface area contributed by atoms with Gasteiger partial charge in [0.25, 0.3) is 10.0 Å². The van der Waals surface area contributed by atoms with E-state index in [2.05, 4.69) is 9.71 Å². The van der Waals surface area contributed by atoms with Gasteiger partial charge >= 0.3 is 5.97 Å². The summed E-state index contributed by atoms with van der Waals surface area (Å²) in [5.41, 5.74) is 0. The molecule has 21 heavy (non-hydrogen) atoms. The lowest BCUT2D eigenvalue weighted by atomic mass is 10.0. The maximum Gasteiger partial charge on any atom is 0.306 e. The summed E-state index contributed by atoms with van der Waals surface area (Å²) in [4.78, 5) is 14.7. The van der Waals surface area contributed by atoms with Gasteiger partial charge in [0.05, 0.1) is 5.92 Å². The van der Waals surface area contributed by atoms with Crippen molar-refractivity contribution in [3.8, 4) is 0 Å². The topological polar surface area (TPSA) is 101 Å². The fourth-order valence-electron chi connectivity index (χ4n) is 1.89.